The van der Waals surface area contributed by atoms with Crippen molar-refractivity contribution in [3.05, 3.63) is 29.8 Å². The molecule has 2 bridgehead atoms. The molecule has 3 fully saturated rings. The maximum atomic E-state index is 12.6. The summed E-state index contributed by atoms with van der Waals surface area (Å²) >= 11 is 0. The summed E-state index contributed by atoms with van der Waals surface area (Å²) in [6, 6.07) is 6.07. The minimum atomic E-state index is -1.06. The first kappa shape index (κ1) is 12.6. The van der Waals surface area contributed by atoms with Crippen molar-refractivity contribution in [2.75, 3.05) is 4.90 Å². The van der Waals surface area contributed by atoms with Crippen molar-refractivity contribution in [1.82, 2.24) is 0 Å². The quantitative estimate of drug-likeness (QED) is 0.842. The number of carboxylic acid groups (broad SMARTS) is 1. The van der Waals surface area contributed by atoms with Crippen molar-refractivity contribution in [2.45, 2.75) is 19.3 Å². The van der Waals surface area contributed by atoms with Crippen molar-refractivity contribution < 1.29 is 19.5 Å². The summed E-state index contributed by atoms with van der Waals surface area (Å²) in [5.74, 6) is -1.02. The van der Waals surface area contributed by atoms with Gasteiger partial charge in [0.25, 0.3) is 0 Å². The molecule has 1 saturated heterocycles. The van der Waals surface area contributed by atoms with Crippen molar-refractivity contribution in [2.24, 2.45) is 23.7 Å². The lowest BCUT2D eigenvalue weighted by Gasteiger charge is -2.19. The number of amides is 2. The van der Waals surface area contributed by atoms with Gasteiger partial charge in [-0.1, -0.05) is 6.07 Å². The molecule has 21 heavy (non-hydrogen) atoms. The monoisotopic (exact) mass is 285 g/mol. The van der Waals surface area contributed by atoms with Gasteiger partial charge in [-0.2, -0.15) is 0 Å². The molecule has 5 nitrogen and oxygen atoms in total. The molecule has 0 spiro atoms. The zero-order valence-corrected chi connectivity index (χ0v) is 11.4. The SMILES string of the molecule is O=C(O)c1cccc(N2C(=O)[C@H]3[C@@H]4CC[C@@H](C4)[C@@H]3C2=O)c1. The predicted octanol–water partition coefficient (Wildman–Crippen LogP) is 1.92. The molecule has 108 valence electrons. The lowest BCUT2D eigenvalue weighted by atomic mass is 9.81. The molecule has 1 aliphatic heterocycles. The normalized spacial score (nSPS) is 33.6. The van der Waals surface area contributed by atoms with Crippen LogP contribution in [0.2, 0.25) is 0 Å². The zero-order valence-electron chi connectivity index (χ0n) is 11.4. The second-order valence-electron chi connectivity index (χ2n) is 6.25. The van der Waals surface area contributed by atoms with Gasteiger partial charge in [0.2, 0.25) is 11.8 Å². The van der Waals surface area contributed by atoms with Gasteiger partial charge in [-0.15, -0.1) is 0 Å². The average Bonchev–Trinajstić information content (AvgIpc) is 3.13. The lowest BCUT2D eigenvalue weighted by molar-refractivity contribution is -0.123. The maximum Gasteiger partial charge on any atom is 0.335 e. The summed E-state index contributed by atoms with van der Waals surface area (Å²) in [5, 5.41) is 9.05. The van der Waals surface area contributed by atoms with Crippen LogP contribution in [-0.2, 0) is 9.59 Å². The van der Waals surface area contributed by atoms with Gasteiger partial charge in [-0.05, 0) is 49.3 Å². The topological polar surface area (TPSA) is 74.7 Å². The molecule has 4 atom stereocenters. The van der Waals surface area contributed by atoms with Crippen molar-refractivity contribution in [3.8, 4) is 0 Å². The second kappa shape index (κ2) is 4.16. The number of carbonyl (C=O) groups excluding carboxylic acids is 2. The van der Waals surface area contributed by atoms with Crippen LogP contribution in [-0.4, -0.2) is 22.9 Å². The van der Waals surface area contributed by atoms with Crippen molar-refractivity contribution >= 4 is 23.5 Å². The number of carbonyl (C=O) groups is 3. The fourth-order valence-electron chi connectivity index (χ4n) is 4.44. The number of aromatic carboxylic acids is 1. The van der Waals surface area contributed by atoms with Crippen LogP contribution in [0.15, 0.2) is 24.3 Å². The van der Waals surface area contributed by atoms with Gasteiger partial charge in [0, 0.05) is 0 Å². The van der Waals surface area contributed by atoms with Crippen LogP contribution in [0.3, 0.4) is 0 Å². The van der Waals surface area contributed by atoms with Gasteiger partial charge in [0.05, 0.1) is 23.1 Å². The van der Waals surface area contributed by atoms with Gasteiger partial charge in [0.1, 0.15) is 0 Å². The Kier molecular flexibility index (Phi) is 2.49. The Bertz CT molecular complexity index is 640. The number of nitrogens with zero attached hydrogens (tertiary/aromatic N) is 1. The minimum absolute atomic E-state index is 0.0909. The minimum Gasteiger partial charge on any atom is -0.478 e. The Morgan fingerprint density at radius 2 is 1.71 bits per heavy atom. The standard InChI is InChI=1S/C16H15NO4/c18-14-12-8-4-5-9(6-8)13(12)15(19)17(14)11-3-1-2-10(7-11)16(20)21/h1-3,7-9,12-13H,4-6H2,(H,20,21)/t8-,9+,12-,13-/m0/s1. The van der Waals surface area contributed by atoms with Gasteiger partial charge in [0.15, 0.2) is 0 Å². The summed E-state index contributed by atoms with van der Waals surface area (Å²) in [6.45, 7) is 0. The van der Waals surface area contributed by atoms with Crippen molar-refractivity contribution in [1.29, 1.82) is 0 Å². The molecule has 3 aliphatic rings. The highest BCUT2D eigenvalue weighted by Gasteiger charge is 2.61. The van der Waals surface area contributed by atoms with Crippen LogP contribution >= 0.6 is 0 Å². The first-order chi connectivity index (χ1) is 10.1. The number of imide groups is 1. The third-order valence-corrected chi connectivity index (χ3v) is 5.28. The summed E-state index contributed by atoms with van der Waals surface area (Å²) in [4.78, 5) is 37.5. The Balaban J connectivity index is 1.73. The molecule has 1 aromatic rings. The van der Waals surface area contributed by atoms with E-state index in [0.29, 0.717) is 17.5 Å². The first-order valence-electron chi connectivity index (χ1n) is 7.29. The number of carboxylic acids is 1. The van der Waals surface area contributed by atoms with E-state index in [2.05, 4.69) is 0 Å². The Morgan fingerprint density at radius 3 is 2.29 bits per heavy atom. The second-order valence-corrected chi connectivity index (χ2v) is 6.25. The molecule has 4 rings (SSSR count). The Labute approximate surface area is 121 Å². The molecule has 1 heterocycles. The van der Waals surface area contributed by atoms with E-state index in [9.17, 15) is 14.4 Å². The molecule has 0 aromatic heterocycles. The molecule has 0 radical (unpaired) electrons. The van der Waals surface area contributed by atoms with Crippen LogP contribution in [0.5, 0.6) is 0 Å². The number of benzene rings is 1. The highest BCUT2D eigenvalue weighted by molar-refractivity contribution is 6.22. The summed E-state index contributed by atoms with van der Waals surface area (Å²) < 4.78 is 0. The van der Waals surface area contributed by atoms with Gasteiger partial charge in [-0.3, -0.25) is 14.5 Å². The molecule has 0 unspecified atom stereocenters. The maximum absolute atomic E-state index is 12.6. The smallest absolute Gasteiger partial charge is 0.335 e. The van der Waals surface area contributed by atoms with Crippen LogP contribution in [0.1, 0.15) is 29.6 Å². The largest absolute Gasteiger partial charge is 0.478 e. The fraction of sp³-hybridized carbons (Fsp3) is 0.438. The van der Waals surface area contributed by atoms with E-state index in [1.54, 1.807) is 12.1 Å². The van der Waals surface area contributed by atoms with E-state index in [1.807, 2.05) is 0 Å². The summed E-state index contributed by atoms with van der Waals surface area (Å²) in [5.41, 5.74) is 0.479. The number of fused-ring (bicyclic) bond motifs is 5. The number of hydrogen-bond donors (Lipinski definition) is 1. The third-order valence-electron chi connectivity index (χ3n) is 5.28. The molecule has 5 heteroatoms. The van der Waals surface area contributed by atoms with E-state index >= 15 is 0 Å². The predicted molar refractivity (Wildman–Crippen MR) is 73.7 cm³/mol. The van der Waals surface area contributed by atoms with E-state index in [4.69, 9.17) is 5.11 Å². The van der Waals surface area contributed by atoms with Gasteiger partial charge < -0.3 is 5.11 Å². The first-order valence-corrected chi connectivity index (χ1v) is 7.29. The number of rotatable bonds is 2. The molecule has 2 amide bonds. The van der Waals surface area contributed by atoms with E-state index in [0.717, 1.165) is 19.3 Å². The Hall–Kier alpha value is -2.17. The molecule has 1 aromatic carbocycles. The van der Waals surface area contributed by atoms with E-state index in [-0.39, 0.29) is 29.2 Å². The fourth-order valence-corrected chi connectivity index (χ4v) is 4.44. The Morgan fingerprint density at radius 1 is 1.10 bits per heavy atom. The molecule has 2 saturated carbocycles. The number of anilines is 1. The summed E-state index contributed by atoms with van der Waals surface area (Å²) in [6.07, 6.45) is 3.07. The third kappa shape index (κ3) is 1.60. The van der Waals surface area contributed by atoms with Crippen molar-refractivity contribution in [3.63, 3.8) is 0 Å². The highest BCUT2D eigenvalue weighted by Crippen LogP contribution is 2.56. The van der Waals surface area contributed by atoms with Gasteiger partial charge in [-0.25, -0.2) is 4.79 Å². The molecule has 2 aliphatic carbocycles. The summed E-state index contributed by atoms with van der Waals surface area (Å²) in [7, 11) is 0. The zero-order chi connectivity index (χ0) is 14.7. The highest BCUT2D eigenvalue weighted by atomic mass is 16.4. The van der Waals surface area contributed by atoms with Crippen LogP contribution in [0.4, 0.5) is 5.69 Å². The van der Waals surface area contributed by atoms with Gasteiger partial charge >= 0.3 is 5.97 Å². The van der Waals surface area contributed by atoms with Crippen LogP contribution in [0, 0.1) is 23.7 Å². The molecule has 1 N–H and O–H groups in total. The average molecular weight is 285 g/mol. The van der Waals surface area contributed by atoms with Crippen LogP contribution in [0.25, 0.3) is 0 Å². The van der Waals surface area contributed by atoms with E-state index < -0.39 is 5.97 Å². The van der Waals surface area contributed by atoms with Crippen LogP contribution < -0.4 is 4.90 Å². The van der Waals surface area contributed by atoms with E-state index in [1.165, 1.54) is 17.0 Å². The molecular formula is C16H15NO4. The molecular weight excluding hydrogens is 270 g/mol. The number of hydrogen-bond acceptors (Lipinski definition) is 3. The lowest BCUT2D eigenvalue weighted by Crippen LogP contribution is -2.32.